The van der Waals surface area contributed by atoms with E-state index in [4.69, 9.17) is 4.74 Å². The lowest BCUT2D eigenvalue weighted by molar-refractivity contribution is 0.0205. The van der Waals surface area contributed by atoms with Gasteiger partial charge >= 0.3 is 6.09 Å². The van der Waals surface area contributed by atoms with Crippen LogP contribution in [0, 0.1) is 0 Å². The minimum absolute atomic E-state index is 0.180. The molecule has 0 unspecified atom stereocenters. The number of anilines is 1. The highest BCUT2D eigenvalue weighted by Gasteiger charge is 2.32. The molecule has 2 heterocycles. The van der Waals surface area contributed by atoms with Crippen LogP contribution < -0.4 is 5.32 Å². The van der Waals surface area contributed by atoms with E-state index in [1.807, 2.05) is 25.7 Å². The summed E-state index contributed by atoms with van der Waals surface area (Å²) in [5, 5.41) is 3.49. The minimum Gasteiger partial charge on any atom is -0.444 e. The Morgan fingerprint density at radius 3 is 2.54 bits per heavy atom. The summed E-state index contributed by atoms with van der Waals surface area (Å²) in [4.78, 5) is 14.0. The van der Waals surface area contributed by atoms with E-state index in [0.29, 0.717) is 5.92 Å². The fraction of sp³-hybridized carbons (Fsp3) is 0.650. The van der Waals surface area contributed by atoms with E-state index in [2.05, 4.69) is 37.4 Å². The molecule has 0 aromatic heterocycles. The fourth-order valence-electron chi connectivity index (χ4n) is 3.66. The van der Waals surface area contributed by atoms with Crippen LogP contribution in [-0.4, -0.2) is 36.2 Å². The van der Waals surface area contributed by atoms with E-state index in [0.717, 1.165) is 32.5 Å². The normalized spacial score (nSPS) is 20.5. The Labute approximate surface area is 145 Å². The van der Waals surface area contributed by atoms with Gasteiger partial charge in [0.2, 0.25) is 0 Å². The van der Waals surface area contributed by atoms with Gasteiger partial charge in [0.05, 0.1) is 0 Å². The molecule has 0 aliphatic carbocycles. The second-order valence-electron chi connectivity index (χ2n) is 8.78. The number of carbonyl (C=O) groups is 1. The molecule has 2 aliphatic heterocycles. The van der Waals surface area contributed by atoms with Crippen LogP contribution in [0.5, 0.6) is 0 Å². The molecule has 0 saturated carbocycles. The maximum Gasteiger partial charge on any atom is 0.410 e. The first-order valence-electron chi connectivity index (χ1n) is 9.02. The number of amides is 1. The number of benzene rings is 1. The lowest BCUT2D eigenvalue weighted by Crippen LogP contribution is -2.41. The molecule has 0 bridgehead atoms. The molecule has 2 aliphatic rings. The number of piperidine rings is 1. The Hall–Kier alpha value is -1.71. The van der Waals surface area contributed by atoms with Crippen molar-refractivity contribution >= 4 is 11.8 Å². The standard InChI is InChI=1S/C20H30N2O2/c1-19(2,3)24-18(23)22-10-8-14(9-11-22)15-6-7-17-16(12-15)20(4,5)13-21-17/h6-7,12,14,21H,8-11,13H2,1-5H3. The summed E-state index contributed by atoms with van der Waals surface area (Å²) in [5.41, 5.74) is 3.88. The van der Waals surface area contributed by atoms with Gasteiger partial charge in [-0.2, -0.15) is 0 Å². The van der Waals surface area contributed by atoms with E-state index >= 15 is 0 Å². The summed E-state index contributed by atoms with van der Waals surface area (Å²) in [6.07, 6.45) is 1.83. The number of fused-ring (bicyclic) bond motifs is 1. The highest BCUT2D eigenvalue weighted by Crippen LogP contribution is 2.39. The molecular formula is C20H30N2O2. The Morgan fingerprint density at radius 1 is 1.25 bits per heavy atom. The average molecular weight is 330 g/mol. The number of rotatable bonds is 1. The third kappa shape index (κ3) is 3.52. The topological polar surface area (TPSA) is 41.6 Å². The van der Waals surface area contributed by atoms with E-state index in [9.17, 15) is 4.79 Å². The molecule has 132 valence electrons. The molecule has 0 radical (unpaired) electrons. The number of nitrogens with one attached hydrogen (secondary N) is 1. The van der Waals surface area contributed by atoms with Crippen LogP contribution in [0.1, 0.15) is 64.5 Å². The van der Waals surface area contributed by atoms with Crippen LogP contribution in [0.4, 0.5) is 10.5 Å². The lowest BCUT2D eigenvalue weighted by atomic mass is 9.82. The maximum absolute atomic E-state index is 12.2. The summed E-state index contributed by atoms with van der Waals surface area (Å²) in [6, 6.07) is 6.85. The Bertz CT molecular complexity index is 623. The van der Waals surface area contributed by atoms with Crippen molar-refractivity contribution in [3.63, 3.8) is 0 Å². The first kappa shape index (κ1) is 17.1. The van der Waals surface area contributed by atoms with Crippen molar-refractivity contribution in [2.24, 2.45) is 0 Å². The first-order valence-corrected chi connectivity index (χ1v) is 9.02. The quantitative estimate of drug-likeness (QED) is 0.824. The maximum atomic E-state index is 12.2. The molecular weight excluding hydrogens is 300 g/mol. The zero-order valence-corrected chi connectivity index (χ0v) is 15.6. The summed E-state index contributed by atoms with van der Waals surface area (Å²) in [6.45, 7) is 12.9. The van der Waals surface area contributed by atoms with Crippen LogP contribution >= 0.6 is 0 Å². The van der Waals surface area contributed by atoms with Crippen LogP contribution in [-0.2, 0) is 10.2 Å². The van der Waals surface area contributed by atoms with Crippen molar-refractivity contribution in [2.75, 3.05) is 25.0 Å². The van der Waals surface area contributed by atoms with Gasteiger partial charge in [0.15, 0.2) is 0 Å². The van der Waals surface area contributed by atoms with Crippen LogP contribution in [0.3, 0.4) is 0 Å². The second kappa shape index (κ2) is 5.98. The van der Waals surface area contributed by atoms with Gasteiger partial charge in [-0.05, 0) is 56.7 Å². The number of hydrogen-bond donors (Lipinski definition) is 1. The summed E-state index contributed by atoms with van der Waals surface area (Å²) >= 11 is 0. The van der Waals surface area contributed by atoms with Gasteiger partial charge in [-0.25, -0.2) is 4.79 Å². The van der Waals surface area contributed by atoms with Crippen molar-refractivity contribution in [1.29, 1.82) is 0 Å². The number of nitrogens with zero attached hydrogens (tertiary/aromatic N) is 1. The molecule has 1 fully saturated rings. The average Bonchev–Trinajstić information content (AvgIpc) is 2.81. The highest BCUT2D eigenvalue weighted by molar-refractivity contribution is 5.68. The molecule has 1 aromatic carbocycles. The Morgan fingerprint density at radius 2 is 1.92 bits per heavy atom. The molecule has 0 atom stereocenters. The van der Waals surface area contributed by atoms with Crippen molar-refractivity contribution < 1.29 is 9.53 Å². The van der Waals surface area contributed by atoms with Gasteiger partial charge < -0.3 is 15.0 Å². The molecule has 24 heavy (non-hydrogen) atoms. The molecule has 1 amide bonds. The SMILES string of the molecule is CC(C)(C)OC(=O)N1CCC(c2ccc3c(c2)C(C)(C)CN3)CC1. The fourth-order valence-corrected chi connectivity index (χ4v) is 3.66. The van der Waals surface area contributed by atoms with Crippen LogP contribution in [0.2, 0.25) is 0 Å². The minimum atomic E-state index is -0.424. The third-order valence-electron chi connectivity index (χ3n) is 5.11. The van der Waals surface area contributed by atoms with E-state index in [-0.39, 0.29) is 11.5 Å². The van der Waals surface area contributed by atoms with Crippen LogP contribution in [0.25, 0.3) is 0 Å². The van der Waals surface area contributed by atoms with Gasteiger partial charge in [-0.1, -0.05) is 26.0 Å². The van der Waals surface area contributed by atoms with E-state index in [1.54, 1.807) is 0 Å². The first-order chi connectivity index (χ1) is 11.2. The molecule has 4 heteroatoms. The Kier molecular flexibility index (Phi) is 4.27. The molecule has 0 spiro atoms. The van der Waals surface area contributed by atoms with Crippen LogP contribution in [0.15, 0.2) is 18.2 Å². The van der Waals surface area contributed by atoms with Gasteiger partial charge in [-0.3, -0.25) is 0 Å². The molecule has 1 saturated heterocycles. The van der Waals surface area contributed by atoms with Crippen molar-refractivity contribution in [3.8, 4) is 0 Å². The second-order valence-corrected chi connectivity index (χ2v) is 8.78. The largest absolute Gasteiger partial charge is 0.444 e. The lowest BCUT2D eigenvalue weighted by Gasteiger charge is -2.34. The molecule has 1 N–H and O–H groups in total. The number of ether oxygens (including phenoxy) is 1. The summed E-state index contributed by atoms with van der Waals surface area (Å²) in [5.74, 6) is 0.533. The van der Waals surface area contributed by atoms with Gasteiger partial charge in [-0.15, -0.1) is 0 Å². The van der Waals surface area contributed by atoms with Gasteiger partial charge in [0.1, 0.15) is 5.60 Å². The smallest absolute Gasteiger partial charge is 0.410 e. The molecule has 1 aromatic rings. The van der Waals surface area contributed by atoms with E-state index in [1.165, 1.54) is 16.8 Å². The third-order valence-corrected chi connectivity index (χ3v) is 5.11. The molecule has 3 rings (SSSR count). The predicted molar refractivity (Wildman–Crippen MR) is 97.7 cm³/mol. The monoisotopic (exact) mass is 330 g/mol. The van der Waals surface area contributed by atoms with Crippen molar-refractivity contribution in [3.05, 3.63) is 29.3 Å². The highest BCUT2D eigenvalue weighted by atomic mass is 16.6. The van der Waals surface area contributed by atoms with Crippen molar-refractivity contribution in [1.82, 2.24) is 4.90 Å². The zero-order valence-electron chi connectivity index (χ0n) is 15.6. The van der Waals surface area contributed by atoms with Gasteiger partial charge in [0, 0.05) is 30.7 Å². The van der Waals surface area contributed by atoms with Gasteiger partial charge in [0.25, 0.3) is 0 Å². The Balaban J connectivity index is 1.65. The molecule has 4 nitrogen and oxygen atoms in total. The number of likely N-dealkylation sites (tertiary alicyclic amines) is 1. The summed E-state index contributed by atoms with van der Waals surface area (Å²) < 4.78 is 5.48. The zero-order chi connectivity index (χ0) is 17.5. The van der Waals surface area contributed by atoms with E-state index < -0.39 is 5.60 Å². The number of carbonyl (C=O) groups excluding carboxylic acids is 1. The number of hydrogen-bond acceptors (Lipinski definition) is 3. The predicted octanol–water partition coefficient (Wildman–Crippen LogP) is 4.50. The summed E-state index contributed by atoms with van der Waals surface area (Å²) in [7, 11) is 0. The van der Waals surface area contributed by atoms with Crippen molar-refractivity contribution in [2.45, 2.75) is 64.4 Å².